The standard InChI is InChI=1S/C22H25NO5/c24-22(23-28-13-12-25-18-4-2-1-3-5-18)15-19(16-6-7-16)17-8-9-20-21(14-17)27-11-10-26-20/h1-5,8-9,14,16,19H,6-7,10-13,15H2,(H,23,24). The monoisotopic (exact) mass is 383 g/mol. The number of hydrogen-bond acceptors (Lipinski definition) is 5. The van der Waals surface area contributed by atoms with Crippen molar-refractivity contribution in [2.24, 2.45) is 5.92 Å². The van der Waals surface area contributed by atoms with Crippen molar-refractivity contribution in [3.05, 3.63) is 54.1 Å². The number of rotatable bonds is 9. The molecule has 0 bridgehead atoms. The lowest BCUT2D eigenvalue weighted by Gasteiger charge is -2.22. The van der Waals surface area contributed by atoms with Gasteiger partial charge in [-0.25, -0.2) is 5.48 Å². The lowest BCUT2D eigenvalue weighted by Crippen LogP contribution is -2.27. The molecule has 1 unspecified atom stereocenters. The Balaban J connectivity index is 1.25. The second-order valence-corrected chi connectivity index (χ2v) is 7.09. The summed E-state index contributed by atoms with van der Waals surface area (Å²) < 4.78 is 16.8. The fraction of sp³-hybridized carbons (Fsp3) is 0.409. The number of nitrogens with one attached hydrogen (secondary N) is 1. The van der Waals surface area contributed by atoms with Crippen LogP contribution in [-0.4, -0.2) is 32.3 Å². The zero-order valence-corrected chi connectivity index (χ0v) is 15.8. The van der Waals surface area contributed by atoms with Crippen LogP contribution in [0.5, 0.6) is 17.2 Å². The number of ether oxygens (including phenoxy) is 3. The summed E-state index contributed by atoms with van der Waals surface area (Å²) in [5.74, 6) is 2.91. The summed E-state index contributed by atoms with van der Waals surface area (Å²) in [4.78, 5) is 17.6. The molecule has 6 heteroatoms. The number of hydroxylamine groups is 1. The summed E-state index contributed by atoms with van der Waals surface area (Å²) in [5, 5.41) is 0. The number of fused-ring (bicyclic) bond motifs is 1. The molecule has 0 spiro atoms. The average Bonchev–Trinajstić information content (AvgIpc) is 3.57. The molecule has 1 heterocycles. The predicted octanol–water partition coefficient (Wildman–Crippen LogP) is 3.47. The molecule has 1 amide bonds. The van der Waals surface area contributed by atoms with E-state index < -0.39 is 0 Å². The first-order valence-corrected chi connectivity index (χ1v) is 9.77. The highest BCUT2D eigenvalue weighted by Crippen LogP contribution is 2.46. The van der Waals surface area contributed by atoms with Gasteiger partial charge in [-0.3, -0.25) is 9.63 Å². The predicted molar refractivity (Wildman–Crippen MR) is 104 cm³/mol. The van der Waals surface area contributed by atoms with Crippen LogP contribution in [0.25, 0.3) is 0 Å². The highest BCUT2D eigenvalue weighted by Gasteiger charge is 2.34. The zero-order valence-electron chi connectivity index (χ0n) is 15.8. The molecule has 1 atom stereocenters. The van der Waals surface area contributed by atoms with E-state index in [9.17, 15) is 4.79 Å². The highest BCUT2D eigenvalue weighted by molar-refractivity contribution is 5.76. The van der Waals surface area contributed by atoms with Gasteiger partial charge in [0.25, 0.3) is 0 Å². The van der Waals surface area contributed by atoms with E-state index >= 15 is 0 Å². The molecule has 1 fully saturated rings. The van der Waals surface area contributed by atoms with Crippen LogP contribution in [-0.2, 0) is 9.63 Å². The van der Waals surface area contributed by atoms with Crippen LogP contribution >= 0.6 is 0 Å². The van der Waals surface area contributed by atoms with Gasteiger partial charge in [0.05, 0.1) is 0 Å². The third kappa shape index (κ3) is 4.95. The molecule has 28 heavy (non-hydrogen) atoms. The quantitative estimate of drug-likeness (QED) is 0.531. The van der Waals surface area contributed by atoms with E-state index in [1.807, 2.05) is 48.5 Å². The van der Waals surface area contributed by atoms with Gasteiger partial charge in [-0.2, -0.15) is 0 Å². The van der Waals surface area contributed by atoms with Gasteiger partial charge in [-0.15, -0.1) is 0 Å². The SMILES string of the molecule is O=C(CC(c1ccc2c(c1)OCCO2)C1CC1)NOCCOc1ccccc1. The van der Waals surface area contributed by atoms with Crippen molar-refractivity contribution in [2.45, 2.75) is 25.2 Å². The maximum atomic E-state index is 12.3. The Morgan fingerprint density at radius 1 is 1.04 bits per heavy atom. The van der Waals surface area contributed by atoms with Gasteiger partial charge in [0, 0.05) is 6.42 Å². The molecule has 148 valence electrons. The minimum absolute atomic E-state index is 0.119. The van der Waals surface area contributed by atoms with Crippen molar-refractivity contribution in [3.63, 3.8) is 0 Å². The van der Waals surface area contributed by atoms with Gasteiger partial charge in [0.15, 0.2) is 11.5 Å². The van der Waals surface area contributed by atoms with Gasteiger partial charge in [0.2, 0.25) is 5.91 Å². The lowest BCUT2D eigenvalue weighted by atomic mass is 9.90. The van der Waals surface area contributed by atoms with Crippen molar-refractivity contribution in [2.75, 3.05) is 26.4 Å². The molecule has 0 saturated heterocycles. The second kappa shape index (κ2) is 8.97. The normalized spacial score (nSPS) is 16.3. The first-order valence-electron chi connectivity index (χ1n) is 9.77. The molecule has 2 aromatic carbocycles. The maximum absolute atomic E-state index is 12.3. The minimum Gasteiger partial charge on any atom is -0.491 e. The van der Waals surface area contributed by atoms with Crippen LogP contribution < -0.4 is 19.7 Å². The molecule has 1 saturated carbocycles. The lowest BCUT2D eigenvalue weighted by molar-refractivity contribution is -0.134. The molecule has 1 aliphatic carbocycles. The summed E-state index contributed by atoms with van der Waals surface area (Å²) in [5.41, 5.74) is 3.66. The van der Waals surface area contributed by atoms with Crippen LogP contribution in [0.15, 0.2) is 48.5 Å². The minimum atomic E-state index is -0.119. The third-order valence-corrected chi connectivity index (χ3v) is 4.97. The van der Waals surface area contributed by atoms with Crippen molar-refractivity contribution in [1.82, 2.24) is 5.48 Å². The number of benzene rings is 2. The Morgan fingerprint density at radius 3 is 2.61 bits per heavy atom. The van der Waals surface area contributed by atoms with E-state index in [1.54, 1.807) is 0 Å². The Bertz CT molecular complexity index is 791. The molecule has 6 nitrogen and oxygen atoms in total. The number of amides is 1. The Labute approximate surface area is 164 Å². The third-order valence-electron chi connectivity index (χ3n) is 4.97. The average molecular weight is 383 g/mol. The van der Waals surface area contributed by atoms with E-state index in [0.717, 1.165) is 35.7 Å². The second-order valence-electron chi connectivity index (χ2n) is 7.09. The van der Waals surface area contributed by atoms with E-state index in [4.69, 9.17) is 19.0 Å². The first kappa shape index (κ1) is 18.6. The van der Waals surface area contributed by atoms with Gasteiger partial charge in [-0.05, 0) is 54.5 Å². The fourth-order valence-electron chi connectivity index (χ4n) is 3.44. The Kier molecular flexibility index (Phi) is 5.97. The smallest absolute Gasteiger partial charge is 0.244 e. The topological polar surface area (TPSA) is 66.0 Å². The summed E-state index contributed by atoms with van der Waals surface area (Å²) in [7, 11) is 0. The van der Waals surface area contributed by atoms with Gasteiger partial charge in [-0.1, -0.05) is 24.3 Å². The molecule has 1 N–H and O–H groups in total. The van der Waals surface area contributed by atoms with Crippen LogP contribution in [0.2, 0.25) is 0 Å². The Morgan fingerprint density at radius 2 is 1.82 bits per heavy atom. The summed E-state index contributed by atoms with van der Waals surface area (Å²) in [6, 6.07) is 15.5. The van der Waals surface area contributed by atoms with E-state index in [0.29, 0.717) is 38.8 Å². The van der Waals surface area contributed by atoms with E-state index in [1.165, 1.54) is 0 Å². The summed E-state index contributed by atoms with van der Waals surface area (Å²) >= 11 is 0. The molecular formula is C22H25NO5. The molecule has 0 radical (unpaired) electrons. The van der Waals surface area contributed by atoms with Gasteiger partial charge >= 0.3 is 0 Å². The van der Waals surface area contributed by atoms with Gasteiger partial charge in [0.1, 0.15) is 32.2 Å². The largest absolute Gasteiger partial charge is 0.491 e. The summed E-state index contributed by atoms with van der Waals surface area (Å²) in [6.07, 6.45) is 2.69. The summed E-state index contributed by atoms with van der Waals surface area (Å²) in [6.45, 7) is 1.80. The first-order chi connectivity index (χ1) is 13.8. The van der Waals surface area contributed by atoms with Crippen molar-refractivity contribution in [3.8, 4) is 17.2 Å². The number of para-hydroxylation sites is 1. The molecule has 0 aromatic heterocycles. The van der Waals surface area contributed by atoms with Crippen molar-refractivity contribution >= 4 is 5.91 Å². The molecule has 1 aliphatic heterocycles. The van der Waals surface area contributed by atoms with E-state index in [2.05, 4.69) is 5.48 Å². The molecule has 4 rings (SSSR count). The van der Waals surface area contributed by atoms with Gasteiger partial charge < -0.3 is 14.2 Å². The van der Waals surface area contributed by atoms with Crippen molar-refractivity contribution in [1.29, 1.82) is 0 Å². The van der Waals surface area contributed by atoms with E-state index in [-0.39, 0.29) is 11.8 Å². The van der Waals surface area contributed by atoms with Crippen LogP contribution in [0.1, 0.15) is 30.7 Å². The maximum Gasteiger partial charge on any atom is 0.244 e. The zero-order chi connectivity index (χ0) is 19.2. The molecule has 2 aliphatic rings. The Hall–Kier alpha value is -2.73. The van der Waals surface area contributed by atoms with Crippen molar-refractivity contribution < 1.29 is 23.8 Å². The van der Waals surface area contributed by atoms with Crippen LogP contribution in [0, 0.1) is 5.92 Å². The van der Waals surface area contributed by atoms with Crippen LogP contribution in [0.4, 0.5) is 0 Å². The fourth-order valence-corrected chi connectivity index (χ4v) is 3.44. The molecular weight excluding hydrogens is 358 g/mol. The molecule has 2 aromatic rings. The number of carbonyl (C=O) groups is 1. The highest BCUT2D eigenvalue weighted by atomic mass is 16.7. The van der Waals surface area contributed by atoms with Crippen LogP contribution in [0.3, 0.4) is 0 Å². The number of carbonyl (C=O) groups excluding carboxylic acids is 1. The number of hydrogen-bond donors (Lipinski definition) is 1.